The van der Waals surface area contributed by atoms with E-state index in [0.29, 0.717) is 11.3 Å². The van der Waals surface area contributed by atoms with E-state index in [1.807, 2.05) is 0 Å². The van der Waals surface area contributed by atoms with Crippen LogP contribution in [0.5, 0.6) is 0 Å². The average Bonchev–Trinajstić information content (AvgIpc) is 2.36. The molecule has 0 spiro atoms. The Hall–Kier alpha value is -2.18. The normalized spacial score (nSPS) is 10.4. The first-order chi connectivity index (χ1) is 9.40. The standard InChI is InChI=1S/C13H16F2N2O3/c1-17(8-11(14)15)13(20)16-10-5-3-2-4-9(10)6-7-12(18)19/h2-5,11H,6-8H2,1H3,(H,16,20)(H,18,19). The Labute approximate surface area is 115 Å². The maximum absolute atomic E-state index is 12.2. The van der Waals surface area contributed by atoms with Crippen LogP contribution in [0.2, 0.25) is 0 Å². The van der Waals surface area contributed by atoms with Crippen molar-refractivity contribution in [1.82, 2.24) is 4.90 Å². The Kier molecular flexibility index (Phi) is 5.89. The molecule has 110 valence electrons. The van der Waals surface area contributed by atoms with Crippen molar-refractivity contribution < 1.29 is 23.5 Å². The summed E-state index contributed by atoms with van der Waals surface area (Å²) in [6, 6.07) is 6.02. The smallest absolute Gasteiger partial charge is 0.321 e. The van der Waals surface area contributed by atoms with Crippen molar-refractivity contribution in [2.45, 2.75) is 19.3 Å². The summed E-state index contributed by atoms with van der Waals surface area (Å²) in [4.78, 5) is 23.1. The summed E-state index contributed by atoms with van der Waals surface area (Å²) >= 11 is 0. The van der Waals surface area contributed by atoms with Gasteiger partial charge in [0.2, 0.25) is 0 Å². The van der Waals surface area contributed by atoms with Crippen LogP contribution in [0, 0.1) is 0 Å². The zero-order chi connectivity index (χ0) is 15.1. The number of nitrogens with one attached hydrogen (secondary N) is 1. The maximum atomic E-state index is 12.2. The van der Waals surface area contributed by atoms with Crippen molar-refractivity contribution in [2.75, 3.05) is 18.9 Å². The molecule has 20 heavy (non-hydrogen) atoms. The van der Waals surface area contributed by atoms with Crippen LogP contribution in [0.15, 0.2) is 24.3 Å². The van der Waals surface area contributed by atoms with Gasteiger partial charge in [0.25, 0.3) is 6.43 Å². The van der Waals surface area contributed by atoms with E-state index in [4.69, 9.17) is 5.11 Å². The molecule has 1 aromatic rings. The van der Waals surface area contributed by atoms with Crippen LogP contribution in [0.1, 0.15) is 12.0 Å². The van der Waals surface area contributed by atoms with Gasteiger partial charge in [-0.3, -0.25) is 4.79 Å². The Morgan fingerprint density at radius 3 is 2.60 bits per heavy atom. The summed E-state index contributed by atoms with van der Waals surface area (Å²) in [5.41, 5.74) is 1.08. The number of carbonyl (C=O) groups is 2. The number of carbonyl (C=O) groups excluding carboxylic acids is 1. The number of aliphatic carboxylic acids is 1. The van der Waals surface area contributed by atoms with Crippen LogP contribution in [0.25, 0.3) is 0 Å². The third kappa shape index (κ3) is 5.21. The molecule has 2 amide bonds. The van der Waals surface area contributed by atoms with Gasteiger partial charge in [0.1, 0.15) is 0 Å². The molecule has 7 heteroatoms. The minimum Gasteiger partial charge on any atom is -0.481 e. The lowest BCUT2D eigenvalue weighted by molar-refractivity contribution is -0.136. The number of para-hydroxylation sites is 1. The molecule has 0 saturated carbocycles. The number of benzene rings is 1. The number of nitrogens with zero attached hydrogens (tertiary/aromatic N) is 1. The fraction of sp³-hybridized carbons (Fsp3) is 0.385. The number of anilines is 1. The molecule has 0 fully saturated rings. The van der Waals surface area contributed by atoms with Gasteiger partial charge in [-0.2, -0.15) is 0 Å². The topological polar surface area (TPSA) is 69.6 Å². The molecule has 1 aromatic carbocycles. The highest BCUT2D eigenvalue weighted by molar-refractivity contribution is 5.90. The average molecular weight is 286 g/mol. The second-order valence-corrected chi connectivity index (χ2v) is 4.25. The summed E-state index contributed by atoms with van der Waals surface area (Å²) in [7, 11) is 1.27. The number of carboxylic acid groups (broad SMARTS) is 1. The summed E-state index contributed by atoms with van der Waals surface area (Å²) < 4.78 is 24.4. The molecule has 0 atom stereocenters. The molecule has 0 unspecified atom stereocenters. The second kappa shape index (κ2) is 7.42. The number of urea groups is 1. The SMILES string of the molecule is CN(CC(F)F)C(=O)Nc1ccccc1CCC(=O)O. The van der Waals surface area contributed by atoms with Gasteiger partial charge in [-0.1, -0.05) is 18.2 Å². The van der Waals surface area contributed by atoms with Gasteiger partial charge in [0.05, 0.1) is 6.54 Å². The molecule has 0 aliphatic heterocycles. The Morgan fingerprint density at radius 2 is 2.00 bits per heavy atom. The van der Waals surface area contributed by atoms with Crippen molar-refractivity contribution in [2.24, 2.45) is 0 Å². The highest BCUT2D eigenvalue weighted by atomic mass is 19.3. The Bertz CT molecular complexity index is 480. The number of rotatable bonds is 6. The molecule has 2 N–H and O–H groups in total. The summed E-state index contributed by atoms with van der Waals surface area (Å²) in [5.74, 6) is -0.944. The number of halogens is 2. The number of hydrogen-bond donors (Lipinski definition) is 2. The molecule has 0 aliphatic rings. The Balaban J connectivity index is 2.71. The summed E-state index contributed by atoms with van der Waals surface area (Å²) in [6.45, 7) is -0.664. The lowest BCUT2D eigenvalue weighted by atomic mass is 10.1. The predicted molar refractivity (Wildman–Crippen MR) is 70.1 cm³/mol. The minimum absolute atomic E-state index is 0.0697. The van der Waals surface area contributed by atoms with E-state index in [-0.39, 0.29) is 12.8 Å². The zero-order valence-corrected chi connectivity index (χ0v) is 11.0. The van der Waals surface area contributed by atoms with Crippen LogP contribution < -0.4 is 5.32 Å². The molecular weight excluding hydrogens is 270 g/mol. The lowest BCUT2D eigenvalue weighted by Gasteiger charge is -2.18. The van der Waals surface area contributed by atoms with Crippen molar-refractivity contribution in [1.29, 1.82) is 0 Å². The molecule has 0 saturated heterocycles. The van der Waals surface area contributed by atoms with E-state index in [2.05, 4.69) is 5.32 Å². The van der Waals surface area contributed by atoms with Gasteiger partial charge < -0.3 is 15.3 Å². The number of aryl methyl sites for hydroxylation is 1. The van der Waals surface area contributed by atoms with E-state index in [0.717, 1.165) is 4.90 Å². The quantitative estimate of drug-likeness (QED) is 0.843. The number of amides is 2. The fourth-order valence-corrected chi connectivity index (χ4v) is 1.60. The highest BCUT2D eigenvalue weighted by Gasteiger charge is 2.15. The molecule has 0 aliphatic carbocycles. The molecular formula is C13H16F2N2O3. The first kappa shape index (κ1) is 15.9. The number of hydrogen-bond acceptors (Lipinski definition) is 2. The lowest BCUT2D eigenvalue weighted by Crippen LogP contribution is -2.35. The predicted octanol–water partition coefficient (Wildman–Crippen LogP) is 2.43. The largest absolute Gasteiger partial charge is 0.481 e. The molecule has 5 nitrogen and oxygen atoms in total. The second-order valence-electron chi connectivity index (χ2n) is 4.25. The molecule has 0 radical (unpaired) electrons. The summed E-state index contributed by atoms with van der Waals surface area (Å²) in [6.07, 6.45) is -2.42. The van der Waals surface area contributed by atoms with Crippen molar-refractivity contribution in [3.63, 3.8) is 0 Å². The molecule has 0 heterocycles. The molecule has 1 rings (SSSR count). The van der Waals surface area contributed by atoms with Gasteiger partial charge in [0.15, 0.2) is 0 Å². The van der Waals surface area contributed by atoms with Gasteiger partial charge in [-0.25, -0.2) is 13.6 Å². The van der Waals surface area contributed by atoms with E-state index in [1.54, 1.807) is 24.3 Å². The first-order valence-electron chi connectivity index (χ1n) is 6.00. The number of alkyl halides is 2. The minimum atomic E-state index is -2.60. The third-order valence-corrected chi connectivity index (χ3v) is 2.63. The zero-order valence-electron chi connectivity index (χ0n) is 11.0. The van der Waals surface area contributed by atoms with Crippen LogP contribution in [0.4, 0.5) is 19.3 Å². The fourth-order valence-electron chi connectivity index (χ4n) is 1.60. The highest BCUT2D eigenvalue weighted by Crippen LogP contribution is 2.17. The first-order valence-corrected chi connectivity index (χ1v) is 6.00. The molecule has 0 aromatic heterocycles. The van der Waals surface area contributed by atoms with Gasteiger partial charge >= 0.3 is 12.0 Å². The van der Waals surface area contributed by atoms with Crippen LogP contribution in [0.3, 0.4) is 0 Å². The van der Waals surface area contributed by atoms with Gasteiger partial charge in [-0.15, -0.1) is 0 Å². The van der Waals surface area contributed by atoms with Crippen LogP contribution in [-0.2, 0) is 11.2 Å². The van der Waals surface area contributed by atoms with Crippen molar-refractivity contribution in [3.05, 3.63) is 29.8 Å². The Morgan fingerprint density at radius 1 is 1.35 bits per heavy atom. The van der Waals surface area contributed by atoms with Crippen LogP contribution in [-0.4, -0.2) is 42.0 Å². The van der Waals surface area contributed by atoms with E-state index in [9.17, 15) is 18.4 Å². The van der Waals surface area contributed by atoms with E-state index in [1.165, 1.54) is 7.05 Å². The van der Waals surface area contributed by atoms with Crippen molar-refractivity contribution in [3.8, 4) is 0 Å². The van der Waals surface area contributed by atoms with Gasteiger partial charge in [0, 0.05) is 19.2 Å². The van der Waals surface area contributed by atoms with E-state index < -0.39 is 25.0 Å². The third-order valence-electron chi connectivity index (χ3n) is 2.63. The number of carboxylic acids is 1. The molecule has 0 bridgehead atoms. The van der Waals surface area contributed by atoms with Crippen LogP contribution >= 0.6 is 0 Å². The van der Waals surface area contributed by atoms with Gasteiger partial charge in [-0.05, 0) is 18.1 Å². The van der Waals surface area contributed by atoms with E-state index >= 15 is 0 Å². The monoisotopic (exact) mass is 286 g/mol. The maximum Gasteiger partial charge on any atom is 0.321 e. The summed E-state index contributed by atoms with van der Waals surface area (Å²) in [5, 5.41) is 11.2. The van der Waals surface area contributed by atoms with Crippen molar-refractivity contribution >= 4 is 17.7 Å².